The Hall–Kier alpha value is -0.240. The van der Waals surface area contributed by atoms with Gasteiger partial charge in [-0.3, -0.25) is 0 Å². The minimum atomic E-state index is 0.325. The summed E-state index contributed by atoms with van der Waals surface area (Å²) in [6, 6.07) is 0. The topological polar surface area (TPSA) is 58.7 Å². The Balaban J connectivity index is 1.60. The highest BCUT2D eigenvalue weighted by molar-refractivity contribution is 4.66. The predicted molar refractivity (Wildman–Crippen MR) is 69.5 cm³/mol. The maximum atomic E-state index is 5.34. The first-order valence-electron chi connectivity index (χ1n) is 6.93. The molecule has 0 amide bonds. The highest BCUT2D eigenvalue weighted by Gasteiger charge is 2.21. The van der Waals surface area contributed by atoms with Crippen molar-refractivity contribution in [1.82, 2.24) is 0 Å². The van der Waals surface area contributed by atoms with Gasteiger partial charge in [-0.1, -0.05) is 0 Å². The standard InChI is InChI=1S/C13H26O6/c1-2-14-3-4-15-5-6-16-7-8-17-9-10-18-11-13-12-19-13/h13H,2-12H2,1H3. The van der Waals surface area contributed by atoms with Crippen LogP contribution in [0.3, 0.4) is 0 Å². The number of hydrogen-bond donors (Lipinski definition) is 0. The van der Waals surface area contributed by atoms with Crippen molar-refractivity contribution >= 4 is 0 Å². The van der Waals surface area contributed by atoms with Crippen LogP contribution in [0.1, 0.15) is 6.92 Å². The smallest absolute Gasteiger partial charge is 0.104 e. The van der Waals surface area contributed by atoms with Gasteiger partial charge in [0.1, 0.15) is 6.10 Å². The molecule has 0 saturated carbocycles. The van der Waals surface area contributed by atoms with E-state index in [2.05, 4.69) is 0 Å². The van der Waals surface area contributed by atoms with E-state index in [1.165, 1.54) is 0 Å². The minimum absolute atomic E-state index is 0.325. The van der Waals surface area contributed by atoms with E-state index in [1.54, 1.807) is 0 Å². The van der Waals surface area contributed by atoms with Gasteiger partial charge in [-0.2, -0.15) is 0 Å². The third-order valence-electron chi connectivity index (χ3n) is 2.40. The monoisotopic (exact) mass is 278 g/mol. The summed E-state index contributed by atoms with van der Waals surface area (Å²) in [6.07, 6.45) is 0.325. The number of ether oxygens (including phenoxy) is 6. The highest BCUT2D eigenvalue weighted by atomic mass is 16.6. The average molecular weight is 278 g/mol. The minimum Gasteiger partial charge on any atom is -0.379 e. The third-order valence-corrected chi connectivity index (χ3v) is 2.40. The Morgan fingerprint density at radius 2 is 1.16 bits per heavy atom. The summed E-state index contributed by atoms with van der Waals surface area (Å²) < 4.78 is 31.5. The Morgan fingerprint density at radius 3 is 1.58 bits per heavy atom. The van der Waals surface area contributed by atoms with Gasteiger partial charge in [-0.25, -0.2) is 0 Å². The van der Waals surface area contributed by atoms with E-state index >= 15 is 0 Å². The molecule has 1 unspecified atom stereocenters. The summed E-state index contributed by atoms with van der Waals surface area (Å²) in [5.74, 6) is 0. The highest BCUT2D eigenvalue weighted by Crippen LogP contribution is 2.07. The third kappa shape index (κ3) is 12.5. The van der Waals surface area contributed by atoms with Gasteiger partial charge in [0, 0.05) is 6.61 Å². The van der Waals surface area contributed by atoms with E-state index < -0.39 is 0 Å². The molecule has 0 radical (unpaired) electrons. The largest absolute Gasteiger partial charge is 0.379 e. The van der Waals surface area contributed by atoms with Crippen molar-refractivity contribution in [3.05, 3.63) is 0 Å². The maximum absolute atomic E-state index is 5.34. The Labute approximate surface area is 115 Å². The molecule has 6 nitrogen and oxygen atoms in total. The summed E-state index contributed by atoms with van der Waals surface area (Å²) >= 11 is 0. The van der Waals surface area contributed by atoms with Gasteiger partial charge in [0.05, 0.1) is 66.1 Å². The Kier molecular flexibility index (Phi) is 11.3. The van der Waals surface area contributed by atoms with Gasteiger partial charge in [-0.15, -0.1) is 0 Å². The van der Waals surface area contributed by atoms with E-state index in [-0.39, 0.29) is 0 Å². The molecular weight excluding hydrogens is 252 g/mol. The van der Waals surface area contributed by atoms with Crippen molar-refractivity contribution in [1.29, 1.82) is 0 Å². The molecule has 0 aromatic carbocycles. The van der Waals surface area contributed by atoms with Crippen LogP contribution < -0.4 is 0 Å². The molecule has 1 heterocycles. The second-order valence-corrected chi connectivity index (χ2v) is 4.06. The molecular formula is C13H26O6. The first-order chi connectivity index (χ1) is 9.43. The lowest BCUT2D eigenvalue weighted by Gasteiger charge is -2.07. The predicted octanol–water partition coefficient (Wildman–Crippen LogP) is 0.488. The SMILES string of the molecule is CCOCCOCCOCCOCCOCC1CO1. The zero-order valence-corrected chi connectivity index (χ0v) is 11.8. The molecule has 0 aliphatic carbocycles. The number of epoxide rings is 1. The molecule has 0 spiro atoms. The van der Waals surface area contributed by atoms with Crippen LogP contribution in [0.25, 0.3) is 0 Å². The second-order valence-electron chi connectivity index (χ2n) is 4.06. The summed E-state index contributed by atoms with van der Waals surface area (Å²) in [7, 11) is 0. The van der Waals surface area contributed by atoms with Crippen molar-refractivity contribution in [2.75, 3.05) is 72.7 Å². The van der Waals surface area contributed by atoms with Crippen LogP contribution in [0.4, 0.5) is 0 Å². The molecule has 1 aliphatic rings. The molecule has 6 heteroatoms. The lowest BCUT2D eigenvalue weighted by molar-refractivity contribution is -0.0111. The first kappa shape index (κ1) is 16.8. The van der Waals surface area contributed by atoms with Gasteiger partial charge in [0.25, 0.3) is 0 Å². The van der Waals surface area contributed by atoms with Crippen molar-refractivity contribution in [3.8, 4) is 0 Å². The van der Waals surface area contributed by atoms with Gasteiger partial charge in [0.2, 0.25) is 0 Å². The van der Waals surface area contributed by atoms with Crippen LogP contribution in [0, 0.1) is 0 Å². The van der Waals surface area contributed by atoms with E-state index in [4.69, 9.17) is 28.4 Å². The fraction of sp³-hybridized carbons (Fsp3) is 1.00. The first-order valence-corrected chi connectivity index (χ1v) is 6.93. The van der Waals surface area contributed by atoms with E-state index in [0.717, 1.165) is 13.2 Å². The lowest BCUT2D eigenvalue weighted by atomic mass is 10.5. The summed E-state index contributed by atoms with van der Waals surface area (Å²) in [5.41, 5.74) is 0. The molecule has 0 N–H and O–H groups in total. The molecule has 1 fully saturated rings. The van der Waals surface area contributed by atoms with Crippen LogP contribution in [0.2, 0.25) is 0 Å². The molecule has 0 bridgehead atoms. The molecule has 0 aromatic rings. The van der Waals surface area contributed by atoms with E-state index in [0.29, 0.717) is 65.6 Å². The summed E-state index contributed by atoms with van der Waals surface area (Å²) in [5, 5.41) is 0. The molecule has 19 heavy (non-hydrogen) atoms. The molecule has 1 aliphatic heterocycles. The van der Waals surface area contributed by atoms with Crippen LogP contribution in [0.5, 0.6) is 0 Å². The average Bonchev–Trinajstić information content (AvgIpc) is 3.23. The van der Waals surface area contributed by atoms with Crippen molar-refractivity contribution in [2.45, 2.75) is 13.0 Å². The van der Waals surface area contributed by atoms with Crippen molar-refractivity contribution in [3.63, 3.8) is 0 Å². The van der Waals surface area contributed by atoms with E-state index in [9.17, 15) is 0 Å². The lowest BCUT2D eigenvalue weighted by Crippen LogP contribution is -2.13. The number of hydrogen-bond acceptors (Lipinski definition) is 6. The zero-order chi connectivity index (χ0) is 13.6. The van der Waals surface area contributed by atoms with Gasteiger partial charge < -0.3 is 28.4 Å². The molecule has 1 atom stereocenters. The van der Waals surface area contributed by atoms with Crippen LogP contribution >= 0.6 is 0 Å². The quantitative estimate of drug-likeness (QED) is 0.321. The van der Waals surface area contributed by atoms with Crippen LogP contribution in [-0.4, -0.2) is 78.8 Å². The fourth-order valence-corrected chi connectivity index (χ4v) is 1.30. The molecule has 114 valence electrons. The van der Waals surface area contributed by atoms with Gasteiger partial charge >= 0.3 is 0 Å². The van der Waals surface area contributed by atoms with Crippen LogP contribution in [0.15, 0.2) is 0 Å². The van der Waals surface area contributed by atoms with Crippen molar-refractivity contribution < 1.29 is 28.4 Å². The zero-order valence-electron chi connectivity index (χ0n) is 11.8. The second kappa shape index (κ2) is 12.8. The summed E-state index contributed by atoms with van der Waals surface area (Å²) in [6.45, 7) is 9.04. The molecule has 1 rings (SSSR count). The maximum Gasteiger partial charge on any atom is 0.104 e. The summed E-state index contributed by atoms with van der Waals surface area (Å²) in [4.78, 5) is 0. The Bertz CT molecular complexity index is 186. The van der Waals surface area contributed by atoms with Gasteiger partial charge in [-0.05, 0) is 6.92 Å². The van der Waals surface area contributed by atoms with Gasteiger partial charge in [0.15, 0.2) is 0 Å². The fourth-order valence-electron chi connectivity index (χ4n) is 1.30. The Morgan fingerprint density at radius 1 is 0.737 bits per heavy atom. The van der Waals surface area contributed by atoms with Crippen molar-refractivity contribution in [2.24, 2.45) is 0 Å². The normalized spacial score (nSPS) is 17.8. The van der Waals surface area contributed by atoms with Crippen LogP contribution in [-0.2, 0) is 28.4 Å². The number of rotatable bonds is 15. The van der Waals surface area contributed by atoms with E-state index in [1.807, 2.05) is 6.92 Å². The molecule has 0 aromatic heterocycles. The molecule has 1 saturated heterocycles.